The minimum Gasteiger partial charge on any atom is -0.378 e. The standard InChI is InChI=1S/C17H26N4/c1-5-18-17(10-9-15-11-12-19-21(15)4)14-7-6-8-16(13-14)20(2)3/h6-8,11-13,17-18H,5,9-10H2,1-4H3. The largest absolute Gasteiger partial charge is 0.378 e. The molecule has 0 radical (unpaired) electrons. The van der Waals surface area contributed by atoms with Crippen molar-refractivity contribution in [1.29, 1.82) is 0 Å². The molecule has 1 aromatic heterocycles. The summed E-state index contributed by atoms with van der Waals surface area (Å²) >= 11 is 0. The summed E-state index contributed by atoms with van der Waals surface area (Å²) < 4.78 is 1.96. The molecular weight excluding hydrogens is 260 g/mol. The number of anilines is 1. The van der Waals surface area contributed by atoms with Gasteiger partial charge in [0.15, 0.2) is 0 Å². The summed E-state index contributed by atoms with van der Waals surface area (Å²) in [6.45, 7) is 3.13. The molecule has 1 unspecified atom stereocenters. The van der Waals surface area contributed by atoms with Gasteiger partial charge in [0.25, 0.3) is 0 Å². The van der Waals surface area contributed by atoms with E-state index in [0.29, 0.717) is 6.04 Å². The molecule has 1 heterocycles. The third-order valence-corrected chi connectivity index (χ3v) is 3.85. The maximum Gasteiger partial charge on any atom is 0.0492 e. The lowest BCUT2D eigenvalue weighted by atomic mass is 10.00. The van der Waals surface area contributed by atoms with E-state index in [-0.39, 0.29) is 0 Å². The number of aromatic nitrogens is 2. The average Bonchev–Trinajstić information content (AvgIpc) is 2.89. The fourth-order valence-electron chi connectivity index (χ4n) is 2.59. The van der Waals surface area contributed by atoms with Crippen molar-refractivity contribution in [2.45, 2.75) is 25.8 Å². The van der Waals surface area contributed by atoms with E-state index in [2.05, 4.69) is 66.7 Å². The van der Waals surface area contributed by atoms with E-state index in [1.165, 1.54) is 16.9 Å². The zero-order valence-electron chi connectivity index (χ0n) is 13.5. The number of hydrogen-bond acceptors (Lipinski definition) is 3. The Kier molecular flexibility index (Phi) is 5.39. The third-order valence-electron chi connectivity index (χ3n) is 3.85. The molecule has 0 aliphatic carbocycles. The predicted molar refractivity (Wildman–Crippen MR) is 88.7 cm³/mol. The summed E-state index contributed by atoms with van der Waals surface area (Å²) in [4.78, 5) is 2.15. The maximum atomic E-state index is 4.24. The van der Waals surface area contributed by atoms with Crippen LogP contribution in [-0.2, 0) is 13.5 Å². The van der Waals surface area contributed by atoms with Crippen molar-refractivity contribution in [2.24, 2.45) is 7.05 Å². The molecule has 0 saturated carbocycles. The lowest BCUT2D eigenvalue weighted by molar-refractivity contribution is 0.506. The van der Waals surface area contributed by atoms with E-state index in [1.54, 1.807) is 0 Å². The number of nitrogens with zero attached hydrogens (tertiary/aromatic N) is 3. The van der Waals surface area contributed by atoms with Crippen LogP contribution >= 0.6 is 0 Å². The highest BCUT2D eigenvalue weighted by Crippen LogP contribution is 2.23. The molecule has 1 aromatic carbocycles. The molecular formula is C17H26N4. The Labute approximate surface area is 127 Å². The van der Waals surface area contributed by atoms with E-state index in [9.17, 15) is 0 Å². The fourth-order valence-corrected chi connectivity index (χ4v) is 2.59. The fraction of sp³-hybridized carbons (Fsp3) is 0.471. The van der Waals surface area contributed by atoms with E-state index in [4.69, 9.17) is 0 Å². The van der Waals surface area contributed by atoms with Crippen LogP contribution in [0, 0.1) is 0 Å². The number of nitrogens with one attached hydrogen (secondary N) is 1. The quantitative estimate of drug-likeness (QED) is 0.849. The molecule has 2 rings (SSSR count). The molecule has 0 fully saturated rings. The Balaban J connectivity index is 2.11. The van der Waals surface area contributed by atoms with E-state index < -0.39 is 0 Å². The van der Waals surface area contributed by atoms with Gasteiger partial charge >= 0.3 is 0 Å². The van der Waals surface area contributed by atoms with Crippen LogP contribution in [0.5, 0.6) is 0 Å². The Morgan fingerprint density at radius 1 is 1.29 bits per heavy atom. The Hall–Kier alpha value is -1.81. The first-order valence-corrected chi connectivity index (χ1v) is 7.59. The molecule has 4 heteroatoms. The second-order valence-corrected chi connectivity index (χ2v) is 5.58. The van der Waals surface area contributed by atoms with Gasteiger partial charge in [-0.15, -0.1) is 0 Å². The van der Waals surface area contributed by atoms with Crippen molar-refractivity contribution in [3.05, 3.63) is 47.8 Å². The Morgan fingerprint density at radius 3 is 2.71 bits per heavy atom. The number of benzene rings is 1. The minimum atomic E-state index is 0.379. The number of hydrogen-bond donors (Lipinski definition) is 1. The number of aryl methyl sites for hydroxylation is 2. The zero-order valence-corrected chi connectivity index (χ0v) is 13.5. The second-order valence-electron chi connectivity index (χ2n) is 5.58. The molecule has 114 valence electrons. The summed E-state index contributed by atoms with van der Waals surface area (Å²) in [5.74, 6) is 0. The molecule has 0 aliphatic heterocycles. The number of rotatable bonds is 7. The van der Waals surface area contributed by atoms with Gasteiger partial charge in [0.05, 0.1) is 0 Å². The highest BCUT2D eigenvalue weighted by atomic mass is 15.2. The van der Waals surface area contributed by atoms with Crippen molar-refractivity contribution < 1.29 is 0 Å². The monoisotopic (exact) mass is 286 g/mol. The van der Waals surface area contributed by atoms with Crippen molar-refractivity contribution in [2.75, 3.05) is 25.5 Å². The lowest BCUT2D eigenvalue weighted by Gasteiger charge is -2.21. The van der Waals surface area contributed by atoms with E-state index in [1.807, 2.05) is 17.9 Å². The van der Waals surface area contributed by atoms with Gasteiger partial charge < -0.3 is 10.2 Å². The molecule has 1 N–H and O–H groups in total. The highest BCUT2D eigenvalue weighted by molar-refractivity contribution is 5.47. The van der Waals surface area contributed by atoms with Crippen molar-refractivity contribution in [3.63, 3.8) is 0 Å². The van der Waals surface area contributed by atoms with Crippen LogP contribution in [0.3, 0.4) is 0 Å². The van der Waals surface area contributed by atoms with Gasteiger partial charge in [0, 0.05) is 44.8 Å². The van der Waals surface area contributed by atoms with Gasteiger partial charge in [-0.05, 0) is 43.1 Å². The lowest BCUT2D eigenvalue weighted by Crippen LogP contribution is -2.22. The molecule has 0 bridgehead atoms. The summed E-state index contributed by atoms with van der Waals surface area (Å²) in [7, 11) is 6.16. The Bertz CT molecular complexity index is 559. The summed E-state index contributed by atoms with van der Waals surface area (Å²) in [6, 6.07) is 11.2. The summed E-state index contributed by atoms with van der Waals surface area (Å²) in [5, 5.41) is 7.84. The molecule has 0 saturated heterocycles. The smallest absolute Gasteiger partial charge is 0.0492 e. The van der Waals surface area contributed by atoms with Crippen molar-refractivity contribution >= 4 is 5.69 Å². The van der Waals surface area contributed by atoms with Gasteiger partial charge in [-0.3, -0.25) is 4.68 Å². The van der Waals surface area contributed by atoms with Crippen molar-refractivity contribution in [1.82, 2.24) is 15.1 Å². The van der Waals surface area contributed by atoms with Crippen LogP contribution in [0.1, 0.15) is 30.6 Å². The molecule has 21 heavy (non-hydrogen) atoms. The van der Waals surface area contributed by atoms with Crippen LogP contribution in [0.4, 0.5) is 5.69 Å². The first-order chi connectivity index (χ1) is 10.1. The molecule has 0 aliphatic rings. The summed E-state index contributed by atoms with van der Waals surface area (Å²) in [6.07, 6.45) is 3.97. The highest BCUT2D eigenvalue weighted by Gasteiger charge is 2.12. The molecule has 2 aromatic rings. The van der Waals surface area contributed by atoms with E-state index in [0.717, 1.165) is 19.4 Å². The van der Waals surface area contributed by atoms with Crippen LogP contribution in [0.25, 0.3) is 0 Å². The minimum absolute atomic E-state index is 0.379. The molecule has 0 amide bonds. The van der Waals surface area contributed by atoms with Crippen LogP contribution < -0.4 is 10.2 Å². The first-order valence-electron chi connectivity index (χ1n) is 7.59. The van der Waals surface area contributed by atoms with Crippen molar-refractivity contribution in [3.8, 4) is 0 Å². The normalized spacial score (nSPS) is 12.4. The van der Waals surface area contributed by atoms with Crippen LogP contribution in [0.15, 0.2) is 36.5 Å². The van der Waals surface area contributed by atoms with Gasteiger partial charge in [-0.25, -0.2) is 0 Å². The maximum absolute atomic E-state index is 4.24. The van der Waals surface area contributed by atoms with Gasteiger partial charge in [0.2, 0.25) is 0 Å². The van der Waals surface area contributed by atoms with Gasteiger partial charge in [-0.1, -0.05) is 19.1 Å². The molecule has 0 spiro atoms. The zero-order chi connectivity index (χ0) is 15.2. The van der Waals surface area contributed by atoms with Gasteiger partial charge in [0.1, 0.15) is 0 Å². The van der Waals surface area contributed by atoms with E-state index >= 15 is 0 Å². The molecule has 1 atom stereocenters. The molecule has 4 nitrogen and oxygen atoms in total. The summed E-state index contributed by atoms with van der Waals surface area (Å²) in [5.41, 5.74) is 3.88. The predicted octanol–water partition coefficient (Wildman–Crippen LogP) is 2.77. The second kappa shape index (κ2) is 7.27. The topological polar surface area (TPSA) is 33.1 Å². The third kappa shape index (κ3) is 4.08. The SMILES string of the molecule is CCNC(CCc1ccnn1C)c1cccc(N(C)C)c1. The van der Waals surface area contributed by atoms with Crippen LogP contribution in [0.2, 0.25) is 0 Å². The first kappa shape index (κ1) is 15.6. The average molecular weight is 286 g/mol. The van der Waals surface area contributed by atoms with Gasteiger partial charge in [-0.2, -0.15) is 5.10 Å². The Morgan fingerprint density at radius 2 is 2.10 bits per heavy atom. The van der Waals surface area contributed by atoms with Crippen LogP contribution in [-0.4, -0.2) is 30.4 Å².